The van der Waals surface area contributed by atoms with Gasteiger partial charge in [0.05, 0.1) is 42.1 Å². The minimum Gasteiger partial charge on any atom is -0.507 e. The number of rotatable bonds is 3. The summed E-state index contributed by atoms with van der Waals surface area (Å²) >= 11 is 0. The van der Waals surface area contributed by atoms with Crippen LogP contribution in [-0.2, 0) is 15.9 Å². The highest BCUT2D eigenvalue weighted by Crippen LogP contribution is 2.50. The van der Waals surface area contributed by atoms with E-state index in [0.717, 1.165) is 12.8 Å². The standard InChI is InChI=1S/C25H26O8/c1-11-5-3-8-17(32-11)33-16-10-12(26)9-14-19(16)25(30)21-20(23(14)28)22(27)13-6-4-7-15(31-2)18(13)24(21)29/h4,6-7,11-12,16-17,26,28,30H,3,5,8-10H2,1-2H3/t11-,12?,16?,17?/m0/s1. The van der Waals surface area contributed by atoms with E-state index in [0.29, 0.717) is 6.42 Å². The van der Waals surface area contributed by atoms with Gasteiger partial charge in [0.1, 0.15) is 17.2 Å². The topological polar surface area (TPSA) is 123 Å². The molecule has 8 nitrogen and oxygen atoms in total. The fourth-order valence-corrected chi connectivity index (χ4v) is 5.23. The number of aliphatic hydroxyl groups is 1. The highest BCUT2D eigenvalue weighted by atomic mass is 16.7. The second-order valence-corrected chi connectivity index (χ2v) is 8.91. The van der Waals surface area contributed by atoms with Gasteiger partial charge in [0.15, 0.2) is 12.1 Å². The zero-order valence-electron chi connectivity index (χ0n) is 18.5. The fraction of sp³-hybridized carbons (Fsp3) is 0.440. The van der Waals surface area contributed by atoms with Gasteiger partial charge >= 0.3 is 0 Å². The van der Waals surface area contributed by atoms with E-state index in [1.165, 1.54) is 13.2 Å². The zero-order chi connectivity index (χ0) is 23.4. The summed E-state index contributed by atoms with van der Waals surface area (Å²) in [5.74, 6) is -1.81. The summed E-state index contributed by atoms with van der Waals surface area (Å²) in [7, 11) is 1.39. The van der Waals surface area contributed by atoms with Crippen molar-refractivity contribution in [3.63, 3.8) is 0 Å². The molecule has 8 heteroatoms. The average molecular weight is 454 g/mol. The number of phenolic OH excluding ortho intramolecular Hbond substituents is 2. The van der Waals surface area contributed by atoms with Gasteiger partial charge in [-0.3, -0.25) is 9.59 Å². The largest absolute Gasteiger partial charge is 0.507 e. The van der Waals surface area contributed by atoms with Crippen molar-refractivity contribution in [1.82, 2.24) is 0 Å². The first-order valence-electron chi connectivity index (χ1n) is 11.2. The van der Waals surface area contributed by atoms with Crippen LogP contribution in [0.3, 0.4) is 0 Å². The third kappa shape index (κ3) is 3.40. The Labute approximate surface area is 190 Å². The quantitative estimate of drug-likeness (QED) is 0.516. The van der Waals surface area contributed by atoms with Crippen molar-refractivity contribution < 1.29 is 39.1 Å². The molecular weight excluding hydrogens is 428 g/mol. The van der Waals surface area contributed by atoms with Gasteiger partial charge in [-0.15, -0.1) is 0 Å². The number of ketones is 2. The fourth-order valence-electron chi connectivity index (χ4n) is 5.23. The van der Waals surface area contributed by atoms with Crippen molar-refractivity contribution in [2.24, 2.45) is 0 Å². The number of hydrogen-bond acceptors (Lipinski definition) is 8. The molecule has 4 atom stereocenters. The third-order valence-electron chi connectivity index (χ3n) is 6.76. The van der Waals surface area contributed by atoms with E-state index in [-0.39, 0.29) is 58.1 Å². The number of hydrogen-bond donors (Lipinski definition) is 3. The Morgan fingerprint density at radius 1 is 1.03 bits per heavy atom. The summed E-state index contributed by atoms with van der Waals surface area (Å²) in [6.45, 7) is 1.95. The Hall–Kier alpha value is -2.94. The molecule has 3 N–H and O–H groups in total. The summed E-state index contributed by atoms with van der Waals surface area (Å²) < 4.78 is 17.3. The van der Waals surface area contributed by atoms with Gasteiger partial charge in [-0.1, -0.05) is 12.1 Å². The van der Waals surface area contributed by atoms with Crippen LogP contribution in [0.15, 0.2) is 18.2 Å². The van der Waals surface area contributed by atoms with Gasteiger partial charge < -0.3 is 29.5 Å². The van der Waals surface area contributed by atoms with Crippen molar-refractivity contribution in [2.45, 2.75) is 63.6 Å². The second-order valence-electron chi connectivity index (χ2n) is 8.91. The van der Waals surface area contributed by atoms with Crippen molar-refractivity contribution in [1.29, 1.82) is 0 Å². The smallest absolute Gasteiger partial charge is 0.202 e. The zero-order valence-corrected chi connectivity index (χ0v) is 18.5. The molecule has 1 heterocycles. The Balaban J connectivity index is 1.66. The van der Waals surface area contributed by atoms with Gasteiger partial charge in [0, 0.05) is 29.5 Å². The molecule has 3 unspecified atom stereocenters. The number of benzene rings is 2. The molecular formula is C25H26O8. The number of fused-ring (bicyclic) bond motifs is 3. The lowest BCUT2D eigenvalue weighted by Gasteiger charge is -2.36. The number of carbonyl (C=O) groups is 2. The molecule has 2 aromatic carbocycles. The van der Waals surface area contributed by atoms with E-state index in [9.17, 15) is 24.9 Å². The Morgan fingerprint density at radius 2 is 1.79 bits per heavy atom. The first-order chi connectivity index (χ1) is 15.8. The molecule has 0 saturated carbocycles. The summed E-state index contributed by atoms with van der Waals surface area (Å²) in [4.78, 5) is 26.8. The summed E-state index contributed by atoms with van der Waals surface area (Å²) in [6.07, 6.45) is 0.501. The van der Waals surface area contributed by atoms with Gasteiger partial charge in [0.25, 0.3) is 0 Å². The van der Waals surface area contributed by atoms with Crippen LogP contribution in [0.1, 0.15) is 81.7 Å². The van der Waals surface area contributed by atoms with Crippen LogP contribution in [0.5, 0.6) is 17.2 Å². The van der Waals surface area contributed by atoms with E-state index >= 15 is 0 Å². The lowest BCUT2D eigenvalue weighted by Crippen LogP contribution is -2.33. The van der Waals surface area contributed by atoms with Gasteiger partial charge in [-0.05, 0) is 32.3 Å². The van der Waals surface area contributed by atoms with Crippen molar-refractivity contribution >= 4 is 11.6 Å². The predicted octanol–water partition coefficient (Wildman–Crippen LogP) is 3.16. The number of carbonyl (C=O) groups excluding carboxylic acids is 2. The van der Waals surface area contributed by atoms with E-state index in [4.69, 9.17) is 14.2 Å². The van der Waals surface area contributed by atoms with Crippen LogP contribution < -0.4 is 4.74 Å². The van der Waals surface area contributed by atoms with E-state index in [1.54, 1.807) is 12.1 Å². The van der Waals surface area contributed by atoms with Gasteiger partial charge in [-0.25, -0.2) is 0 Å². The first kappa shape index (κ1) is 21.9. The van der Waals surface area contributed by atoms with Crippen LogP contribution in [0, 0.1) is 0 Å². The molecule has 0 radical (unpaired) electrons. The Bertz CT molecular complexity index is 1150. The van der Waals surface area contributed by atoms with E-state index in [1.807, 2.05) is 6.92 Å². The Morgan fingerprint density at radius 3 is 2.52 bits per heavy atom. The highest BCUT2D eigenvalue weighted by Gasteiger charge is 2.43. The lowest BCUT2D eigenvalue weighted by atomic mass is 9.76. The minimum absolute atomic E-state index is 0.0189. The summed E-state index contributed by atoms with van der Waals surface area (Å²) in [5, 5.41) is 32.9. The molecule has 5 rings (SSSR count). The predicted molar refractivity (Wildman–Crippen MR) is 116 cm³/mol. The van der Waals surface area contributed by atoms with Crippen LogP contribution in [0.4, 0.5) is 0 Å². The van der Waals surface area contributed by atoms with E-state index < -0.39 is 41.6 Å². The van der Waals surface area contributed by atoms with Crippen molar-refractivity contribution in [2.75, 3.05) is 7.11 Å². The van der Waals surface area contributed by atoms with Crippen LogP contribution in [0.2, 0.25) is 0 Å². The highest BCUT2D eigenvalue weighted by molar-refractivity contribution is 6.31. The molecule has 2 aromatic rings. The molecule has 1 saturated heterocycles. The van der Waals surface area contributed by atoms with E-state index in [2.05, 4.69) is 0 Å². The maximum Gasteiger partial charge on any atom is 0.202 e. The summed E-state index contributed by atoms with van der Waals surface area (Å²) in [6, 6.07) is 4.63. The average Bonchev–Trinajstić information content (AvgIpc) is 2.79. The Kier molecular flexibility index (Phi) is 5.39. The first-order valence-corrected chi connectivity index (χ1v) is 11.2. The van der Waals surface area contributed by atoms with Crippen LogP contribution >= 0.6 is 0 Å². The monoisotopic (exact) mass is 454 g/mol. The molecule has 0 bridgehead atoms. The molecule has 1 fully saturated rings. The van der Waals surface area contributed by atoms with Crippen molar-refractivity contribution in [3.05, 3.63) is 51.6 Å². The maximum atomic E-state index is 13.5. The maximum absolute atomic E-state index is 13.5. The lowest BCUT2D eigenvalue weighted by molar-refractivity contribution is -0.218. The van der Waals surface area contributed by atoms with Crippen molar-refractivity contribution in [3.8, 4) is 17.2 Å². The molecule has 0 amide bonds. The second kappa shape index (κ2) is 8.13. The number of phenols is 2. The molecule has 3 aliphatic rings. The van der Waals surface area contributed by atoms with Crippen LogP contribution in [0.25, 0.3) is 0 Å². The summed E-state index contributed by atoms with van der Waals surface area (Å²) in [5.41, 5.74) is 0.0490. The molecule has 0 aromatic heterocycles. The molecule has 33 heavy (non-hydrogen) atoms. The minimum atomic E-state index is -0.853. The molecule has 2 aliphatic carbocycles. The molecule has 174 valence electrons. The number of methoxy groups -OCH3 is 1. The van der Waals surface area contributed by atoms with Crippen LogP contribution in [-0.4, -0.2) is 52.5 Å². The molecule has 0 spiro atoms. The number of ether oxygens (including phenoxy) is 3. The SMILES string of the molecule is COc1cccc2c1C(=O)c1c(O)c3c(c(O)c1C2=O)CC(O)CC3OC1CCC[C@H](C)O1. The number of aliphatic hydroxyl groups excluding tert-OH is 1. The van der Waals surface area contributed by atoms with Gasteiger partial charge in [0.2, 0.25) is 5.78 Å². The molecule has 1 aliphatic heterocycles. The normalized spacial score (nSPS) is 26.4. The third-order valence-corrected chi connectivity index (χ3v) is 6.76. The number of aromatic hydroxyl groups is 2. The van der Waals surface area contributed by atoms with Gasteiger partial charge in [-0.2, -0.15) is 0 Å².